The van der Waals surface area contributed by atoms with Gasteiger partial charge in [0.25, 0.3) is 0 Å². The molecule has 0 saturated carbocycles. The van der Waals surface area contributed by atoms with Crippen molar-refractivity contribution in [3.05, 3.63) is 120 Å². The Morgan fingerprint density at radius 1 is 0.574 bits per heavy atom. The predicted molar refractivity (Wildman–Crippen MR) is 201 cm³/mol. The highest BCUT2D eigenvalue weighted by atomic mass is 16.6. The lowest BCUT2D eigenvalue weighted by molar-refractivity contribution is -0.161. The van der Waals surface area contributed by atoms with Gasteiger partial charge in [-0.15, -0.1) is 0 Å². The monoisotopic (exact) mass is 738 g/mol. The molecular formula is C42H46N2O10. The summed E-state index contributed by atoms with van der Waals surface area (Å²) >= 11 is 0. The average Bonchev–Trinajstić information content (AvgIpc) is 3.69. The maximum atomic E-state index is 12.9. The van der Waals surface area contributed by atoms with Crippen LogP contribution >= 0.6 is 0 Å². The summed E-state index contributed by atoms with van der Waals surface area (Å²) in [6.07, 6.45) is -1.46. The molecule has 4 aromatic carbocycles. The van der Waals surface area contributed by atoms with Crippen LogP contribution in [0.2, 0.25) is 0 Å². The molecule has 2 heterocycles. The largest absolute Gasteiger partial charge is 0.497 e. The zero-order valence-corrected chi connectivity index (χ0v) is 31.2. The molecule has 0 aliphatic carbocycles. The number of cyclic esters (lactones) is 2. The van der Waals surface area contributed by atoms with Gasteiger partial charge in [-0.3, -0.25) is 0 Å². The summed E-state index contributed by atoms with van der Waals surface area (Å²) in [6.45, 7) is 6.98. The van der Waals surface area contributed by atoms with Gasteiger partial charge in [0.1, 0.15) is 23.7 Å². The second kappa shape index (κ2) is 17.2. The fraction of sp³-hybridized carbons (Fsp3) is 0.333. The minimum absolute atomic E-state index is 0.146. The van der Waals surface area contributed by atoms with Crippen molar-refractivity contribution in [3.8, 4) is 11.5 Å². The van der Waals surface area contributed by atoms with Gasteiger partial charge in [0, 0.05) is 24.2 Å². The molecule has 4 aromatic rings. The van der Waals surface area contributed by atoms with Gasteiger partial charge in [0.15, 0.2) is 0 Å². The molecule has 0 bridgehead atoms. The van der Waals surface area contributed by atoms with Gasteiger partial charge in [0.05, 0.1) is 26.4 Å². The number of hydrogen-bond donors (Lipinski definition) is 2. The number of carbonyl (C=O) groups is 4. The first-order valence-electron chi connectivity index (χ1n) is 17.7. The Kier molecular flexibility index (Phi) is 12.5. The van der Waals surface area contributed by atoms with E-state index in [0.29, 0.717) is 22.9 Å². The fourth-order valence-electron chi connectivity index (χ4n) is 6.08. The molecule has 0 amide bonds. The summed E-state index contributed by atoms with van der Waals surface area (Å²) in [7, 11) is 3.14. The minimum Gasteiger partial charge on any atom is -0.497 e. The average molecular weight is 739 g/mol. The highest BCUT2D eigenvalue weighted by Gasteiger charge is 2.58. The van der Waals surface area contributed by atoms with Crippen LogP contribution in [0.5, 0.6) is 11.5 Å². The summed E-state index contributed by atoms with van der Waals surface area (Å²) in [5.41, 5.74) is -0.328. The van der Waals surface area contributed by atoms with E-state index in [2.05, 4.69) is 10.6 Å². The molecule has 0 radical (unpaired) electrons. The Balaban J connectivity index is 0.000000208. The topological polar surface area (TPSA) is 148 Å². The maximum Gasteiger partial charge on any atom is 0.344 e. The van der Waals surface area contributed by atoms with Gasteiger partial charge < -0.3 is 39.1 Å². The molecule has 12 nitrogen and oxygen atoms in total. The zero-order chi connectivity index (χ0) is 38.9. The van der Waals surface area contributed by atoms with E-state index in [-0.39, 0.29) is 25.0 Å². The molecule has 0 spiro atoms. The highest BCUT2D eigenvalue weighted by molar-refractivity contribution is 6.10. The van der Waals surface area contributed by atoms with Crippen LogP contribution in [0.1, 0.15) is 63.9 Å². The van der Waals surface area contributed by atoms with E-state index in [1.807, 2.05) is 60.7 Å². The quantitative estimate of drug-likeness (QED) is 0.0879. The molecule has 4 atom stereocenters. The number of methoxy groups -OCH3 is 2. The second-order valence-corrected chi connectivity index (χ2v) is 13.4. The van der Waals surface area contributed by atoms with E-state index in [4.69, 9.17) is 28.4 Å². The number of nitrogens with one attached hydrogen (secondary N) is 2. The first kappa shape index (κ1) is 39.2. The molecule has 12 heteroatoms. The van der Waals surface area contributed by atoms with Gasteiger partial charge in [-0.25, -0.2) is 19.2 Å². The number of anilines is 2. The van der Waals surface area contributed by atoms with Crippen LogP contribution in [0.3, 0.4) is 0 Å². The molecule has 2 fully saturated rings. The van der Waals surface area contributed by atoms with E-state index in [9.17, 15) is 19.2 Å². The van der Waals surface area contributed by atoms with Gasteiger partial charge in [-0.05, 0) is 87.4 Å². The third-order valence-corrected chi connectivity index (χ3v) is 8.80. The van der Waals surface area contributed by atoms with Crippen molar-refractivity contribution in [2.45, 2.75) is 76.0 Å². The molecule has 2 aliphatic rings. The van der Waals surface area contributed by atoms with Gasteiger partial charge >= 0.3 is 23.9 Å². The van der Waals surface area contributed by atoms with Gasteiger partial charge in [-0.1, -0.05) is 60.7 Å². The van der Waals surface area contributed by atoms with Gasteiger partial charge in [-0.2, -0.15) is 0 Å². The Morgan fingerprint density at radius 3 is 1.20 bits per heavy atom. The van der Waals surface area contributed by atoms with Crippen LogP contribution in [0, 0.1) is 0 Å². The van der Waals surface area contributed by atoms with Crippen molar-refractivity contribution in [3.63, 3.8) is 0 Å². The number of rotatable bonds is 12. The lowest BCUT2D eigenvalue weighted by Gasteiger charge is -2.26. The van der Waals surface area contributed by atoms with E-state index < -0.39 is 47.2 Å². The van der Waals surface area contributed by atoms with Gasteiger partial charge in [0.2, 0.25) is 11.1 Å². The summed E-state index contributed by atoms with van der Waals surface area (Å²) in [5.74, 6) is -1.21. The maximum absolute atomic E-state index is 12.9. The fourth-order valence-corrected chi connectivity index (χ4v) is 6.08. The SMILES string of the molecule is COc1ccc(N[C@@]2(C(=O)OC(C)C)C[C@H](c3ccccc3)OC2=O)cc1.COc1ccc(N[C@]2(C(=O)OC(C)C)C[C@H](c3ccccc3)OC2=O)cc1. The van der Waals surface area contributed by atoms with E-state index >= 15 is 0 Å². The van der Waals surface area contributed by atoms with E-state index in [0.717, 1.165) is 11.1 Å². The minimum atomic E-state index is -1.60. The van der Waals surface area contributed by atoms with Crippen molar-refractivity contribution >= 4 is 35.3 Å². The third kappa shape index (κ3) is 8.94. The summed E-state index contributed by atoms with van der Waals surface area (Å²) in [5, 5.41) is 6.11. The lowest BCUT2D eigenvalue weighted by atomic mass is 9.92. The first-order valence-corrected chi connectivity index (χ1v) is 17.7. The van der Waals surface area contributed by atoms with Crippen LogP contribution < -0.4 is 20.1 Å². The molecule has 54 heavy (non-hydrogen) atoms. The Bertz CT molecular complexity index is 1750. The number of esters is 4. The molecule has 2 aliphatic heterocycles. The molecular weight excluding hydrogens is 692 g/mol. The number of benzene rings is 4. The lowest BCUT2D eigenvalue weighted by Crippen LogP contribution is -2.52. The summed E-state index contributed by atoms with van der Waals surface area (Å²) in [6, 6.07) is 32.7. The summed E-state index contributed by atoms with van der Waals surface area (Å²) < 4.78 is 32.2. The van der Waals surface area contributed by atoms with E-state index in [1.54, 1.807) is 90.4 Å². The number of carbonyl (C=O) groups excluding carboxylic acids is 4. The van der Waals surface area contributed by atoms with E-state index in [1.165, 1.54) is 0 Å². The molecule has 2 saturated heterocycles. The molecule has 284 valence electrons. The van der Waals surface area contributed by atoms with Crippen LogP contribution in [0.25, 0.3) is 0 Å². The van der Waals surface area contributed by atoms with Crippen molar-refractivity contribution in [2.75, 3.05) is 24.9 Å². The summed E-state index contributed by atoms with van der Waals surface area (Å²) in [4.78, 5) is 51.4. The van der Waals surface area contributed by atoms with Crippen LogP contribution in [-0.2, 0) is 38.1 Å². The number of hydrogen-bond acceptors (Lipinski definition) is 12. The van der Waals surface area contributed by atoms with Crippen LogP contribution in [-0.4, -0.2) is 61.4 Å². The predicted octanol–water partition coefficient (Wildman–Crippen LogP) is 6.97. The molecule has 0 aromatic heterocycles. The van der Waals surface area contributed by atoms with Crippen molar-refractivity contribution < 1.29 is 47.6 Å². The van der Waals surface area contributed by atoms with Crippen molar-refractivity contribution in [2.24, 2.45) is 0 Å². The van der Waals surface area contributed by atoms with Crippen molar-refractivity contribution in [1.82, 2.24) is 0 Å². The molecule has 0 unspecified atom stereocenters. The van der Waals surface area contributed by atoms with Crippen LogP contribution in [0.15, 0.2) is 109 Å². The Morgan fingerprint density at radius 2 is 0.907 bits per heavy atom. The Labute approximate surface area is 315 Å². The third-order valence-electron chi connectivity index (χ3n) is 8.80. The van der Waals surface area contributed by atoms with Crippen LogP contribution in [0.4, 0.5) is 11.4 Å². The smallest absolute Gasteiger partial charge is 0.344 e. The molecule has 2 N–H and O–H groups in total. The highest BCUT2D eigenvalue weighted by Crippen LogP contribution is 2.41. The zero-order valence-electron chi connectivity index (χ0n) is 31.2. The molecule has 6 rings (SSSR count). The van der Waals surface area contributed by atoms with Crippen molar-refractivity contribution in [1.29, 1.82) is 0 Å². The number of ether oxygens (including phenoxy) is 6. The first-order chi connectivity index (χ1) is 25.9. The second-order valence-electron chi connectivity index (χ2n) is 13.4. The Hall–Kier alpha value is -6.04. The standard InChI is InChI=1S/2C21H23NO5/c2*1-14(2)26-19(23)21(22-16-9-11-17(25-3)12-10-16)13-18(27-20(21)24)15-7-5-4-6-8-15/h2*4-12,14,18,22H,13H2,1-3H3/t18-,21+;18-,21-/m11/s1. The normalized spacial score (nSPS) is 21.6.